The molecule has 2 heterocycles. The summed E-state index contributed by atoms with van der Waals surface area (Å²) in [6, 6.07) is 1.71. The van der Waals surface area contributed by atoms with Gasteiger partial charge in [-0.1, -0.05) is 0 Å². The van der Waals surface area contributed by atoms with Gasteiger partial charge in [-0.05, 0) is 6.07 Å². The summed E-state index contributed by atoms with van der Waals surface area (Å²) in [7, 11) is 0. The zero-order chi connectivity index (χ0) is 10.1. The minimum absolute atomic E-state index is 0.412. The first-order valence-electron chi connectivity index (χ1n) is 4.16. The lowest BCUT2D eigenvalue weighted by Gasteiger charge is -1.92. The smallest absolute Gasteiger partial charge is 0.230 e. The van der Waals surface area contributed by atoms with Gasteiger partial charge < -0.3 is 4.98 Å². The maximum atomic E-state index is 11.4. The Morgan fingerprint density at radius 3 is 2.93 bits per heavy atom. The lowest BCUT2D eigenvalue weighted by atomic mass is 10.1. The SMILES string of the molecule is CC(=O)C(=O)c1c[nH]c2cnccc12. The average Bonchev–Trinajstić information content (AvgIpc) is 2.60. The Labute approximate surface area is 80.0 Å². The van der Waals surface area contributed by atoms with Crippen LogP contribution in [0.1, 0.15) is 17.3 Å². The summed E-state index contributed by atoms with van der Waals surface area (Å²) in [4.78, 5) is 29.1. The number of hydrogen-bond donors (Lipinski definition) is 1. The molecule has 4 heteroatoms. The Bertz CT molecular complexity index is 514. The fraction of sp³-hybridized carbons (Fsp3) is 0.100. The van der Waals surface area contributed by atoms with Crippen molar-refractivity contribution in [3.63, 3.8) is 0 Å². The average molecular weight is 188 g/mol. The molecule has 0 aliphatic heterocycles. The summed E-state index contributed by atoms with van der Waals surface area (Å²) in [5, 5.41) is 0.736. The van der Waals surface area contributed by atoms with E-state index in [0.29, 0.717) is 5.56 Å². The van der Waals surface area contributed by atoms with Gasteiger partial charge in [-0.25, -0.2) is 0 Å². The molecule has 0 fully saturated rings. The molecule has 0 spiro atoms. The van der Waals surface area contributed by atoms with E-state index in [-0.39, 0.29) is 0 Å². The predicted molar refractivity (Wildman–Crippen MR) is 51.1 cm³/mol. The standard InChI is InChI=1S/C10H8N2O2/c1-6(13)10(14)8-4-12-9-5-11-3-2-7(8)9/h2-5,12H,1H3. The van der Waals surface area contributed by atoms with Gasteiger partial charge in [0.25, 0.3) is 0 Å². The number of pyridine rings is 1. The van der Waals surface area contributed by atoms with Crippen molar-refractivity contribution in [3.8, 4) is 0 Å². The second kappa shape index (κ2) is 3.06. The molecule has 0 saturated carbocycles. The first-order valence-corrected chi connectivity index (χ1v) is 4.16. The molecule has 2 aromatic rings. The molecular formula is C10H8N2O2. The van der Waals surface area contributed by atoms with Gasteiger partial charge in [-0.3, -0.25) is 14.6 Å². The van der Waals surface area contributed by atoms with Crippen LogP contribution in [0.15, 0.2) is 24.7 Å². The third-order valence-electron chi connectivity index (χ3n) is 2.05. The number of carbonyl (C=O) groups is 2. The second-order valence-corrected chi connectivity index (χ2v) is 3.01. The molecule has 14 heavy (non-hydrogen) atoms. The predicted octanol–water partition coefficient (Wildman–Crippen LogP) is 1.33. The van der Waals surface area contributed by atoms with Crippen LogP contribution in [0.2, 0.25) is 0 Å². The highest BCUT2D eigenvalue weighted by molar-refractivity contribution is 6.45. The molecule has 70 valence electrons. The maximum Gasteiger partial charge on any atom is 0.230 e. The third kappa shape index (κ3) is 1.21. The molecule has 1 N–H and O–H groups in total. The van der Waals surface area contributed by atoms with E-state index in [2.05, 4.69) is 9.97 Å². The van der Waals surface area contributed by atoms with Gasteiger partial charge in [0.05, 0.1) is 17.3 Å². The molecule has 0 unspecified atom stereocenters. The first kappa shape index (κ1) is 8.62. The first-order chi connectivity index (χ1) is 6.70. The van der Waals surface area contributed by atoms with Gasteiger partial charge in [0, 0.05) is 24.7 Å². The Hall–Kier alpha value is -1.97. The Morgan fingerprint density at radius 2 is 2.21 bits per heavy atom. The van der Waals surface area contributed by atoms with E-state index in [9.17, 15) is 9.59 Å². The molecular weight excluding hydrogens is 180 g/mol. The maximum absolute atomic E-state index is 11.4. The van der Waals surface area contributed by atoms with Crippen LogP contribution in [0.3, 0.4) is 0 Å². The largest absolute Gasteiger partial charge is 0.359 e. The van der Waals surface area contributed by atoms with Crippen LogP contribution < -0.4 is 0 Å². The van der Waals surface area contributed by atoms with Gasteiger partial charge in [0.2, 0.25) is 5.78 Å². The van der Waals surface area contributed by atoms with E-state index in [1.165, 1.54) is 13.1 Å². The van der Waals surface area contributed by atoms with E-state index < -0.39 is 11.6 Å². The number of aromatic amines is 1. The van der Waals surface area contributed by atoms with Gasteiger partial charge in [0.15, 0.2) is 5.78 Å². The van der Waals surface area contributed by atoms with Crippen LogP contribution in [-0.4, -0.2) is 21.5 Å². The van der Waals surface area contributed by atoms with Crippen molar-refractivity contribution in [2.45, 2.75) is 6.92 Å². The van der Waals surface area contributed by atoms with Crippen LogP contribution in [0, 0.1) is 0 Å². The molecule has 0 aliphatic rings. The number of carbonyl (C=O) groups excluding carboxylic acids is 2. The number of ketones is 2. The Kier molecular flexibility index (Phi) is 1.89. The molecule has 0 saturated heterocycles. The molecule has 0 aliphatic carbocycles. The molecule has 0 radical (unpaired) electrons. The van der Waals surface area contributed by atoms with E-state index in [1.807, 2.05) is 0 Å². The van der Waals surface area contributed by atoms with Crippen molar-refractivity contribution in [3.05, 3.63) is 30.2 Å². The van der Waals surface area contributed by atoms with E-state index in [4.69, 9.17) is 0 Å². The molecule has 4 nitrogen and oxygen atoms in total. The van der Waals surface area contributed by atoms with Crippen LogP contribution >= 0.6 is 0 Å². The monoisotopic (exact) mass is 188 g/mol. The van der Waals surface area contributed by atoms with Crippen LogP contribution in [0.4, 0.5) is 0 Å². The molecule has 2 rings (SSSR count). The molecule has 0 aromatic carbocycles. The highest BCUT2D eigenvalue weighted by Crippen LogP contribution is 2.17. The topological polar surface area (TPSA) is 62.8 Å². The van der Waals surface area contributed by atoms with Crippen LogP contribution in [-0.2, 0) is 4.79 Å². The molecule has 2 aromatic heterocycles. The highest BCUT2D eigenvalue weighted by Gasteiger charge is 2.15. The Morgan fingerprint density at radius 1 is 1.43 bits per heavy atom. The van der Waals surface area contributed by atoms with E-state index in [0.717, 1.165) is 10.9 Å². The van der Waals surface area contributed by atoms with E-state index in [1.54, 1.807) is 18.5 Å². The number of nitrogens with zero attached hydrogens (tertiary/aromatic N) is 1. The summed E-state index contributed by atoms with van der Waals surface area (Å²) in [6.07, 6.45) is 4.75. The van der Waals surface area contributed by atoms with Crippen LogP contribution in [0.5, 0.6) is 0 Å². The molecule has 0 amide bonds. The minimum atomic E-state index is -0.470. The zero-order valence-electron chi connectivity index (χ0n) is 7.57. The zero-order valence-corrected chi connectivity index (χ0v) is 7.57. The van der Waals surface area contributed by atoms with Crippen molar-refractivity contribution in [2.75, 3.05) is 0 Å². The number of H-pyrrole nitrogens is 1. The van der Waals surface area contributed by atoms with Gasteiger partial charge in [-0.2, -0.15) is 0 Å². The normalized spacial score (nSPS) is 10.4. The van der Waals surface area contributed by atoms with Crippen molar-refractivity contribution < 1.29 is 9.59 Å². The molecule has 0 atom stereocenters. The third-order valence-corrected chi connectivity index (χ3v) is 2.05. The summed E-state index contributed by atoms with van der Waals surface area (Å²) in [5.41, 5.74) is 1.17. The number of aromatic nitrogens is 2. The summed E-state index contributed by atoms with van der Waals surface area (Å²) >= 11 is 0. The molecule has 0 bridgehead atoms. The van der Waals surface area contributed by atoms with Crippen molar-refractivity contribution in [1.29, 1.82) is 0 Å². The van der Waals surface area contributed by atoms with Gasteiger partial charge in [-0.15, -0.1) is 0 Å². The summed E-state index contributed by atoms with van der Waals surface area (Å²) in [6.45, 7) is 1.27. The Balaban J connectivity index is 2.64. The van der Waals surface area contributed by atoms with Crippen molar-refractivity contribution in [2.24, 2.45) is 0 Å². The fourth-order valence-corrected chi connectivity index (χ4v) is 1.35. The number of hydrogen-bond acceptors (Lipinski definition) is 3. The second-order valence-electron chi connectivity index (χ2n) is 3.01. The highest BCUT2D eigenvalue weighted by atomic mass is 16.2. The van der Waals surface area contributed by atoms with Crippen LogP contribution in [0.25, 0.3) is 10.9 Å². The van der Waals surface area contributed by atoms with Crippen molar-refractivity contribution >= 4 is 22.5 Å². The number of rotatable bonds is 2. The summed E-state index contributed by atoms with van der Waals surface area (Å²) < 4.78 is 0. The lowest BCUT2D eigenvalue weighted by molar-refractivity contribution is -0.113. The van der Waals surface area contributed by atoms with Gasteiger partial charge in [0.1, 0.15) is 0 Å². The van der Waals surface area contributed by atoms with E-state index >= 15 is 0 Å². The number of Topliss-reactive ketones (excluding diaryl/α,β-unsaturated/α-hetero) is 2. The number of fused-ring (bicyclic) bond motifs is 1. The quantitative estimate of drug-likeness (QED) is 0.571. The lowest BCUT2D eigenvalue weighted by Crippen LogP contribution is -2.08. The fourth-order valence-electron chi connectivity index (χ4n) is 1.35. The van der Waals surface area contributed by atoms with Crippen molar-refractivity contribution in [1.82, 2.24) is 9.97 Å². The summed E-state index contributed by atoms with van der Waals surface area (Å²) in [5.74, 6) is -0.926. The minimum Gasteiger partial charge on any atom is -0.359 e. The van der Waals surface area contributed by atoms with Gasteiger partial charge >= 0.3 is 0 Å². The number of nitrogens with one attached hydrogen (secondary N) is 1.